The van der Waals surface area contributed by atoms with Gasteiger partial charge in [-0.1, -0.05) is 6.07 Å². The van der Waals surface area contributed by atoms with Crippen LogP contribution in [-0.2, 0) is 6.54 Å². The molecule has 1 aromatic heterocycles. The third kappa shape index (κ3) is 2.75. The number of methoxy groups -OCH3 is 2. The number of aromatic nitrogens is 1. The Morgan fingerprint density at radius 1 is 1.04 bits per heavy atom. The van der Waals surface area contributed by atoms with Gasteiger partial charge in [-0.3, -0.25) is 9.59 Å². The van der Waals surface area contributed by atoms with Gasteiger partial charge in [-0.2, -0.15) is 0 Å². The maximum atomic E-state index is 13.0. The van der Waals surface area contributed by atoms with Crippen LogP contribution in [0.4, 0.5) is 0 Å². The number of amides is 1. The lowest BCUT2D eigenvalue weighted by molar-refractivity contribution is 0.0594. The fourth-order valence-electron chi connectivity index (χ4n) is 4.21. The van der Waals surface area contributed by atoms with E-state index in [2.05, 4.69) is 0 Å². The summed E-state index contributed by atoms with van der Waals surface area (Å²) in [5.41, 5.74) is 1.68. The van der Waals surface area contributed by atoms with E-state index in [0.717, 1.165) is 12.1 Å². The molecule has 2 aliphatic heterocycles. The average molecular weight is 354 g/mol. The molecule has 0 spiro atoms. The number of carbonyl (C=O) groups is 1. The van der Waals surface area contributed by atoms with Crippen molar-refractivity contribution in [3.05, 3.63) is 58.0 Å². The van der Waals surface area contributed by atoms with E-state index in [9.17, 15) is 9.59 Å². The molecule has 2 atom stereocenters. The monoisotopic (exact) mass is 354 g/mol. The summed E-state index contributed by atoms with van der Waals surface area (Å²) in [4.78, 5) is 27.1. The molecule has 26 heavy (non-hydrogen) atoms. The van der Waals surface area contributed by atoms with Crippen molar-refractivity contribution < 1.29 is 14.3 Å². The maximum Gasteiger partial charge on any atom is 0.254 e. The minimum absolute atomic E-state index is 0.00705. The molecule has 4 rings (SSSR count). The van der Waals surface area contributed by atoms with E-state index < -0.39 is 0 Å². The zero-order valence-electron chi connectivity index (χ0n) is 15.0. The molecule has 2 aromatic rings. The smallest absolute Gasteiger partial charge is 0.254 e. The van der Waals surface area contributed by atoms with Gasteiger partial charge in [0.25, 0.3) is 11.5 Å². The van der Waals surface area contributed by atoms with E-state index in [4.69, 9.17) is 9.47 Å². The lowest BCUT2D eigenvalue weighted by Gasteiger charge is -2.42. The van der Waals surface area contributed by atoms with Crippen LogP contribution in [-0.4, -0.2) is 42.7 Å². The number of benzene rings is 1. The zero-order chi connectivity index (χ0) is 18.3. The molecule has 0 saturated carbocycles. The molecule has 1 aromatic carbocycles. The van der Waals surface area contributed by atoms with Crippen molar-refractivity contribution in [3.8, 4) is 11.5 Å². The molecule has 6 nitrogen and oxygen atoms in total. The summed E-state index contributed by atoms with van der Waals surface area (Å²) in [6.45, 7) is 1.98. The van der Waals surface area contributed by atoms with Gasteiger partial charge in [0.2, 0.25) is 0 Å². The van der Waals surface area contributed by atoms with Crippen LogP contribution in [0.5, 0.6) is 11.5 Å². The molecule has 0 aliphatic carbocycles. The number of rotatable bonds is 3. The van der Waals surface area contributed by atoms with Gasteiger partial charge in [0.05, 0.1) is 14.2 Å². The quantitative estimate of drug-likeness (QED) is 0.847. The average Bonchev–Trinajstić information content (AvgIpc) is 2.67. The molecule has 2 unspecified atom stereocenters. The number of pyridine rings is 1. The fourth-order valence-corrected chi connectivity index (χ4v) is 4.21. The second-order valence-corrected chi connectivity index (χ2v) is 6.98. The Balaban J connectivity index is 1.61. The molecule has 1 saturated heterocycles. The molecule has 0 radical (unpaired) electrons. The second-order valence-electron chi connectivity index (χ2n) is 6.98. The van der Waals surface area contributed by atoms with E-state index in [-0.39, 0.29) is 17.4 Å². The Kier molecular flexibility index (Phi) is 4.18. The van der Waals surface area contributed by atoms with Crippen LogP contribution in [0.2, 0.25) is 0 Å². The predicted molar refractivity (Wildman–Crippen MR) is 97.0 cm³/mol. The Morgan fingerprint density at radius 2 is 1.85 bits per heavy atom. The molecular formula is C20H22N2O4. The third-order valence-corrected chi connectivity index (χ3v) is 5.40. The van der Waals surface area contributed by atoms with Gasteiger partial charge in [0.1, 0.15) is 0 Å². The summed E-state index contributed by atoms with van der Waals surface area (Å²) in [6, 6.07) is 10.7. The van der Waals surface area contributed by atoms with Gasteiger partial charge in [0.15, 0.2) is 11.5 Å². The van der Waals surface area contributed by atoms with Crippen molar-refractivity contribution in [1.82, 2.24) is 9.47 Å². The Morgan fingerprint density at radius 3 is 2.62 bits per heavy atom. The molecule has 3 heterocycles. The molecule has 2 aliphatic rings. The van der Waals surface area contributed by atoms with Crippen LogP contribution < -0.4 is 15.0 Å². The number of ether oxygens (including phenoxy) is 2. The van der Waals surface area contributed by atoms with Gasteiger partial charge < -0.3 is 18.9 Å². The standard InChI is InChI=1S/C20H22N2O4/c1-25-17-7-6-14(9-18(17)26-2)20(24)21-10-13-8-15(12-21)16-4-3-5-19(23)22(16)11-13/h3-7,9,13,15H,8,10-12H2,1-2H3. The van der Waals surface area contributed by atoms with Crippen LogP contribution in [0.3, 0.4) is 0 Å². The molecule has 2 bridgehead atoms. The lowest BCUT2D eigenvalue weighted by atomic mass is 9.83. The first kappa shape index (κ1) is 16.7. The highest BCUT2D eigenvalue weighted by atomic mass is 16.5. The van der Waals surface area contributed by atoms with Crippen LogP contribution in [0.25, 0.3) is 0 Å². The third-order valence-electron chi connectivity index (χ3n) is 5.40. The van der Waals surface area contributed by atoms with Crippen molar-refractivity contribution in [2.45, 2.75) is 18.9 Å². The Bertz CT molecular complexity index is 905. The number of fused-ring (bicyclic) bond motifs is 4. The van der Waals surface area contributed by atoms with E-state index in [1.165, 1.54) is 0 Å². The first-order valence-electron chi connectivity index (χ1n) is 8.81. The zero-order valence-corrected chi connectivity index (χ0v) is 15.0. The van der Waals surface area contributed by atoms with Gasteiger partial charge in [-0.05, 0) is 36.6 Å². The van der Waals surface area contributed by atoms with Gasteiger partial charge in [-0.25, -0.2) is 0 Å². The van der Waals surface area contributed by atoms with Crippen LogP contribution in [0.1, 0.15) is 28.4 Å². The van der Waals surface area contributed by atoms with E-state index in [0.29, 0.717) is 42.6 Å². The highest BCUT2D eigenvalue weighted by Crippen LogP contribution is 2.36. The number of hydrogen-bond donors (Lipinski definition) is 0. The van der Waals surface area contributed by atoms with Crippen molar-refractivity contribution in [1.29, 1.82) is 0 Å². The molecule has 6 heteroatoms. The molecule has 136 valence electrons. The van der Waals surface area contributed by atoms with E-state index in [1.807, 2.05) is 21.6 Å². The number of hydrogen-bond acceptors (Lipinski definition) is 4. The summed E-state index contributed by atoms with van der Waals surface area (Å²) in [5.74, 6) is 1.67. The van der Waals surface area contributed by atoms with E-state index >= 15 is 0 Å². The number of likely N-dealkylation sites (tertiary alicyclic amines) is 1. The fraction of sp³-hybridized carbons (Fsp3) is 0.400. The first-order valence-corrected chi connectivity index (χ1v) is 8.81. The van der Waals surface area contributed by atoms with Crippen LogP contribution in [0, 0.1) is 5.92 Å². The number of piperidine rings is 1. The minimum Gasteiger partial charge on any atom is -0.493 e. The summed E-state index contributed by atoms with van der Waals surface area (Å²) in [7, 11) is 3.14. The van der Waals surface area contributed by atoms with Crippen LogP contribution in [0.15, 0.2) is 41.2 Å². The topological polar surface area (TPSA) is 60.8 Å². The SMILES string of the molecule is COc1ccc(C(=O)N2CC3CC(C2)c2cccc(=O)n2C3)cc1OC. The summed E-state index contributed by atoms with van der Waals surface area (Å²) < 4.78 is 12.4. The highest BCUT2D eigenvalue weighted by Gasteiger charge is 2.36. The summed E-state index contributed by atoms with van der Waals surface area (Å²) in [5, 5.41) is 0. The number of carbonyl (C=O) groups excluding carboxylic acids is 1. The van der Waals surface area contributed by atoms with E-state index in [1.54, 1.807) is 38.5 Å². The normalized spacial score (nSPS) is 21.1. The molecule has 1 amide bonds. The lowest BCUT2D eigenvalue weighted by Crippen LogP contribution is -2.49. The Labute approximate surface area is 152 Å². The van der Waals surface area contributed by atoms with Gasteiger partial charge >= 0.3 is 0 Å². The predicted octanol–water partition coefficient (Wildman–Crippen LogP) is 2.12. The molecular weight excluding hydrogens is 332 g/mol. The summed E-state index contributed by atoms with van der Waals surface area (Å²) in [6.07, 6.45) is 1.03. The van der Waals surface area contributed by atoms with Crippen molar-refractivity contribution in [2.75, 3.05) is 27.3 Å². The Hall–Kier alpha value is -2.76. The minimum atomic E-state index is -0.00705. The van der Waals surface area contributed by atoms with Gasteiger partial charge in [0, 0.05) is 42.9 Å². The maximum absolute atomic E-state index is 13.0. The largest absolute Gasteiger partial charge is 0.493 e. The molecule has 0 N–H and O–H groups in total. The van der Waals surface area contributed by atoms with Gasteiger partial charge in [-0.15, -0.1) is 0 Å². The second kappa shape index (κ2) is 6.52. The summed E-state index contributed by atoms with van der Waals surface area (Å²) >= 11 is 0. The highest BCUT2D eigenvalue weighted by molar-refractivity contribution is 5.95. The van der Waals surface area contributed by atoms with Crippen molar-refractivity contribution >= 4 is 5.91 Å². The van der Waals surface area contributed by atoms with Crippen molar-refractivity contribution in [2.24, 2.45) is 5.92 Å². The van der Waals surface area contributed by atoms with Crippen LogP contribution >= 0.6 is 0 Å². The van der Waals surface area contributed by atoms with Crippen molar-refractivity contribution in [3.63, 3.8) is 0 Å². The molecule has 1 fully saturated rings. The number of nitrogens with zero attached hydrogens (tertiary/aromatic N) is 2. The first-order chi connectivity index (χ1) is 12.6.